The zero-order valence-electron chi connectivity index (χ0n) is 18.1. The Morgan fingerprint density at radius 1 is 1.07 bits per heavy atom. The summed E-state index contributed by atoms with van der Waals surface area (Å²) in [4.78, 5) is 35.1. The molecule has 4 heterocycles. The first kappa shape index (κ1) is 20.5. The molecule has 0 aliphatic carbocycles. The molecule has 1 amide bonds. The average Bonchev–Trinajstić information content (AvgIpc) is 3.11. The number of nitrogens with zero attached hydrogens (tertiary/aromatic N) is 6. The number of aromatic nitrogens is 3. The number of aryl methyl sites for hydroxylation is 2. The Hall–Kier alpha value is -2.74. The van der Waals surface area contributed by atoms with Gasteiger partial charge in [-0.25, -0.2) is 15.0 Å². The molecule has 0 aromatic carbocycles. The largest absolute Gasteiger partial charge is 0.353 e. The summed E-state index contributed by atoms with van der Waals surface area (Å²) in [5.74, 6) is 2.79. The number of fused-ring (bicyclic) bond motifs is 1. The lowest BCUT2D eigenvalue weighted by molar-refractivity contribution is 0.0777. The van der Waals surface area contributed by atoms with Crippen LogP contribution in [-0.4, -0.2) is 65.0 Å². The summed E-state index contributed by atoms with van der Waals surface area (Å²) < 4.78 is 0. The smallest absolute Gasteiger partial charge is 0.264 e. The predicted molar refractivity (Wildman–Crippen MR) is 123 cm³/mol. The minimum atomic E-state index is 0.0871. The molecule has 0 radical (unpaired) electrons. The lowest BCUT2D eigenvalue weighted by Gasteiger charge is -2.36. The number of rotatable bonds is 5. The summed E-state index contributed by atoms with van der Waals surface area (Å²) in [6.45, 7) is 12.9. The highest BCUT2D eigenvalue weighted by Gasteiger charge is 2.26. The fourth-order valence-corrected chi connectivity index (χ4v) is 5.19. The number of carbonyl (C=O) groups excluding carboxylic acids is 1. The molecule has 1 aliphatic rings. The molecule has 8 heteroatoms. The molecule has 1 fully saturated rings. The fourth-order valence-electron chi connectivity index (χ4n) is 4.00. The molecule has 0 bridgehead atoms. The second kappa shape index (κ2) is 8.55. The van der Waals surface area contributed by atoms with Gasteiger partial charge in [-0.1, -0.05) is 6.07 Å². The van der Waals surface area contributed by atoms with Crippen LogP contribution in [0.25, 0.3) is 10.2 Å². The average molecular weight is 425 g/mol. The van der Waals surface area contributed by atoms with Gasteiger partial charge < -0.3 is 14.7 Å². The Labute approximate surface area is 181 Å². The van der Waals surface area contributed by atoms with E-state index in [-0.39, 0.29) is 5.91 Å². The molecule has 7 nitrogen and oxygen atoms in total. The lowest BCUT2D eigenvalue weighted by atomic mass is 10.1. The highest BCUT2D eigenvalue weighted by molar-refractivity contribution is 7.20. The second-order valence-corrected chi connectivity index (χ2v) is 8.47. The van der Waals surface area contributed by atoms with Gasteiger partial charge in [-0.3, -0.25) is 4.79 Å². The number of carbonyl (C=O) groups is 1. The number of amides is 1. The van der Waals surface area contributed by atoms with E-state index >= 15 is 0 Å². The molecule has 158 valence electrons. The molecule has 30 heavy (non-hydrogen) atoms. The molecule has 3 aromatic heterocycles. The highest BCUT2D eigenvalue weighted by atomic mass is 32.1. The van der Waals surface area contributed by atoms with Gasteiger partial charge in [0.2, 0.25) is 0 Å². The van der Waals surface area contributed by atoms with Crippen LogP contribution in [0.2, 0.25) is 0 Å². The molecule has 4 rings (SSSR count). The van der Waals surface area contributed by atoms with E-state index in [1.807, 2.05) is 50.9 Å². The molecule has 1 aliphatic heterocycles. The summed E-state index contributed by atoms with van der Waals surface area (Å²) in [5.41, 5.74) is 0.994. The summed E-state index contributed by atoms with van der Waals surface area (Å²) in [6, 6.07) is 6.02. The molecule has 1 saturated heterocycles. The topological polar surface area (TPSA) is 65.5 Å². The summed E-state index contributed by atoms with van der Waals surface area (Å²) >= 11 is 1.49. The third kappa shape index (κ3) is 3.71. The van der Waals surface area contributed by atoms with Crippen LogP contribution >= 0.6 is 11.3 Å². The molecule has 0 N–H and O–H groups in total. The van der Waals surface area contributed by atoms with Crippen LogP contribution in [0.5, 0.6) is 0 Å². The number of piperazine rings is 1. The van der Waals surface area contributed by atoms with Crippen molar-refractivity contribution in [2.24, 2.45) is 0 Å². The van der Waals surface area contributed by atoms with Crippen molar-refractivity contribution in [2.75, 3.05) is 49.1 Å². The van der Waals surface area contributed by atoms with Crippen molar-refractivity contribution in [1.29, 1.82) is 0 Å². The van der Waals surface area contributed by atoms with Crippen LogP contribution in [0.4, 0.5) is 11.6 Å². The van der Waals surface area contributed by atoms with Crippen LogP contribution in [0.15, 0.2) is 24.4 Å². The van der Waals surface area contributed by atoms with Gasteiger partial charge in [0.15, 0.2) is 0 Å². The first-order valence-electron chi connectivity index (χ1n) is 10.5. The van der Waals surface area contributed by atoms with Crippen LogP contribution in [-0.2, 0) is 0 Å². The third-order valence-corrected chi connectivity index (χ3v) is 6.85. The minimum absolute atomic E-state index is 0.0871. The number of pyridine rings is 1. The van der Waals surface area contributed by atoms with Crippen molar-refractivity contribution in [3.05, 3.63) is 40.7 Å². The van der Waals surface area contributed by atoms with Gasteiger partial charge in [-0.05, 0) is 45.4 Å². The summed E-state index contributed by atoms with van der Waals surface area (Å²) in [6.07, 6.45) is 1.84. The lowest BCUT2D eigenvalue weighted by Crippen LogP contribution is -2.47. The van der Waals surface area contributed by atoms with Crippen molar-refractivity contribution in [1.82, 2.24) is 19.9 Å². The van der Waals surface area contributed by atoms with E-state index in [1.165, 1.54) is 11.3 Å². The zero-order valence-corrected chi connectivity index (χ0v) is 18.9. The maximum atomic E-state index is 13.0. The van der Waals surface area contributed by atoms with Gasteiger partial charge in [-0.15, -0.1) is 11.3 Å². The number of anilines is 2. The molecular formula is C22H28N6OS. The molecule has 0 unspecified atom stereocenters. The Morgan fingerprint density at radius 2 is 1.77 bits per heavy atom. The summed E-state index contributed by atoms with van der Waals surface area (Å²) in [5, 5.41) is 1.02. The number of hydrogen-bond acceptors (Lipinski definition) is 7. The van der Waals surface area contributed by atoms with E-state index in [2.05, 4.69) is 25.8 Å². The van der Waals surface area contributed by atoms with E-state index in [9.17, 15) is 4.79 Å². The quantitative estimate of drug-likeness (QED) is 0.624. The normalized spacial score (nSPS) is 14.4. The standard InChI is InChI=1S/C22H28N6OS/c1-5-26(6-2)22(29)19-15(3)18-20(24-16(4)25-21(18)30-19)28-13-11-27(12-14-28)17-9-7-8-10-23-17/h7-10H,5-6,11-14H2,1-4H3. The van der Waals surface area contributed by atoms with Crippen molar-refractivity contribution < 1.29 is 4.79 Å². The second-order valence-electron chi connectivity index (χ2n) is 7.47. The van der Waals surface area contributed by atoms with Crippen molar-refractivity contribution >= 4 is 39.1 Å². The minimum Gasteiger partial charge on any atom is -0.353 e. The SMILES string of the molecule is CCN(CC)C(=O)c1sc2nc(C)nc(N3CCN(c4ccccn4)CC3)c2c1C. The molecular weight excluding hydrogens is 396 g/mol. The van der Waals surface area contributed by atoms with E-state index < -0.39 is 0 Å². The Balaban J connectivity index is 1.65. The maximum absolute atomic E-state index is 13.0. The molecule has 3 aromatic rings. The van der Waals surface area contributed by atoms with Crippen molar-refractivity contribution in [2.45, 2.75) is 27.7 Å². The first-order chi connectivity index (χ1) is 14.5. The third-order valence-electron chi connectivity index (χ3n) is 5.68. The van der Waals surface area contributed by atoms with E-state index in [4.69, 9.17) is 4.98 Å². The van der Waals surface area contributed by atoms with Gasteiger partial charge >= 0.3 is 0 Å². The summed E-state index contributed by atoms with van der Waals surface area (Å²) in [7, 11) is 0. The van der Waals surface area contributed by atoms with E-state index in [1.54, 1.807) is 0 Å². The zero-order chi connectivity index (χ0) is 21.3. The van der Waals surface area contributed by atoms with E-state index in [0.29, 0.717) is 13.1 Å². The van der Waals surface area contributed by atoms with Crippen LogP contribution < -0.4 is 9.80 Å². The Morgan fingerprint density at radius 3 is 2.40 bits per heavy atom. The molecule has 0 atom stereocenters. The van der Waals surface area contributed by atoms with Crippen LogP contribution in [0.1, 0.15) is 34.9 Å². The monoisotopic (exact) mass is 424 g/mol. The van der Waals surface area contributed by atoms with Gasteiger partial charge in [0.05, 0.1) is 10.3 Å². The van der Waals surface area contributed by atoms with E-state index in [0.717, 1.165) is 64.3 Å². The first-order valence-corrected chi connectivity index (χ1v) is 11.3. The molecule has 0 spiro atoms. The van der Waals surface area contributed by atoms with Gasteiger partial charge in [0.1, 0.15) is 22.3 Å². The van der Waals surface area contributed by atoms with Crippen LogP contribution in [0, 0.1) is 13.8 Å². The van der Waals surface area contributed by atoms with Crippen molar-refractivity contribution in [3.8, 4) is 0 Å². The van der Waals surface area contributed by atoms with Crippen LogP contribution in [0.3, 0.4) is 0 Å². The predicted octanol–water partition coefficient (Wildman–Crippen LogP) is 3.51. The van der Waals surface area contributed by atoms with Gasteiger partial charge in [0.25, 0.3) is 5.91 Å². The van der Waals surface area contributed by atoms with Gasteiger partial charge in [-0.2, -0.15) is 0 Å². The maximum Gasteiger partial charge on any atom is 0.264 e. The Bertz CT molecular complexity index is 1040. The Kier molecular flexibility index (Phi) is 5.85. The number of hydrogen-bond donors (Lipinski definition) is 0. The molecule has 0 saturated carbocycles. The number of thiophene rings is 1. The fraction of sp³-hybridized carbons (Fsp3) is 0.455. The van der Waals surface area contributed by atoms with Gasteiger partial charge in [0, 0.05) is 45.5 Å². The highest BCUT2D eigenvalue weighted by Crippen LogP contribution is 2.36. The van der Waals surface area contributed by atoms with Crippen molar-refractivity contribution in [3.63, 3.8) is 0 Å².